The van der Waals surface area contributed by atoms with Crippen LogP contribution >= 0.6 is 0 Å². The van der Waals surface area contributed by atoms with Gasteiger partial charge in [0, 0.05) is 5.56 Å². The van der Waals surface area contributed by atoms with Gasteiger partial charge in [0.15, 0.2) is 6.61 Å². The third-order valence-corrected chi connectivity index (χ3v) is 5.18. The number of benzene rings is 3. The smallest absolute Gasteiger partial charge is 0.262 e. The lowest BCUT2D eigenvalue weighted by atomic mass is 9.98. The van der Waals surface area contributed by atoms with Gasteiger partial charge in [-0.3, -0.25) is 9.59 Å². The third-order valence-electron chi connectivity index (χ3n) is 5.18. The second-order valence-corrected chi connectivity index (χ2v) is 7.36. The summed E-state index contributed by atoms with van der Waals surface area (Å²) in [6.07, 6.45) is 2.76. The van der Waals surface area contributed by atoms with Crippen molar-refractivity contribution in [1.82, 2.24) is 5.32 Å². The van der Waals surface area contributed by atoms with Gasteiger partial charge in [-0.05, 0) is 48.6 Å². The SMILES string of the molecule is O=C1COc2cc(C(=O)NC(CCCc3ccccc3)c3ccccc3)ccc2N1. The van der Waals surface area contributed by atoms with Gasteiger partial charge in [0.2, 0.25) is 0 Å². The highest BCUT2D eigenvalue weighted by atomic mass is 16.5. The number of ether oxygens (including phenoxy) is 1. The quantitative estimate of drug-likeness (QED) is 0.613. The Morgan fingerprint density at radius 1 is 1.00 bits per heavy atom. The summed E-state index contributed by atoms with van der Waals surface area (Å²) in [6.45, 7) is -0.0375. The predicted molar refractivity (Wildman–Crippen MR) is 117 cm³/mol. The molecule has 1 atom stereocenters. The standard InChI is InChI=1S/C25H24N2O3/c28-24-17-30-23-16-20(14-15-22(23)26-24)25(29)27-21(19-11-5-2-6-12-19)13-7-10-18-8-3-1-4-9-18/h1-6,8-9,11-12,14-16,21H,7,10,13,17H2,(H,26,28)(H,27,29). The Bertz CT molecular complexity index is 1020. The lowest BCUT2D eigenvalue weighted by Crippen LogP contribution is -2.29. The molecule has 5 nitrogen and oxygen atoms in total. The highest BCUT2D eigenvalue weighted by Crippen LogP contribution is 2.29. The van der Waals surface area contributed by atoms with E-state index in [1.54, 1.807) is 18.2 Å². The number of anilines is 1. The van der Waals surface area contributed by atoms with E-state index in [1.807, 2.05) is 48.5 Å². The van der Waals surface area contributed by atoms with Crippen LogP contribution in [-0.2, 0) is 11.2 Å². The van der Waals surface area contributed by atoms with Crippen molar-refractivity contribution >= 4 is 17.5 Å². The maximum absolute atomic E-state index is 13.0. The Labute approximate surface area is 176 Å². The molecule has 4 rings (SSSR count). The van der Waals surface area contributed by atoms with Crippen molar-refractivity contribution < 1.29 is 14.3 Å². The van der Waals surface area contributed by atoms with Crippen LogP contribution < -0.4 is 15.4 Å². The molecule has 3 aromatic rings. The predicted octanol–water partition coefficient (Wildman–Crippen LogP) is 4.51. The third kappa shape index (κ3) is 4.87. The Balaban J connectivity index is 1.46. The number of amides is 2. The summed E-state index contributed by atoms with van der Waals surface area (Å²) in [5.41, 5.74) is 3.48. The Morgan fingerprint density at radius 3 is 2.50 bits per heavy atom. The van der Waals surface area contributed by atoms with E-state index in [0.29, 0.717) is 17.0 Å². The first kappa shape index (κ1) is 19.7. The summed E-state index contributed by atoms with van der Waals surface area (Å²) < 4.78 is 5.44. The molecule has 1 unspecified atom stereocenters. The summed E-state index contributed by atoms with van der Waals surface area (Å²) in [6, 6.07) is 25.4. The average Bonchev–Trinajstić information content (AvgIpc) is 2.79. The van der Waals surface area contributed by atoms with Crippen molar-refractivity contribution in [2.75, 3.05) is 11.9 Å². The minimum atomic E-state index is -0.192. The number of carbonyl (C=O) groups is 2. The molecule has 2 amide bonds. The Kier molecular flexibility index (Phi) is 6.09. The zero-order valence-electron chi connectivity index (χ0n) is 16.6. The summed E-state index contributed by atoms with van der Waals surface area (Å²) in [5, 5.41) is 5.91. The molecule has 2 N–H and O–H groups in total. The molecule has 0 saturated heterocycles. The Morgan fingerprint density at radius 2 is 1.73 bits per heavy atom. The van der Waals surface area contributed by atoms with E-state index >= 15 is 0 Å². The van der Waals surface area contributed by atoms with Gasteiger partial charge in [-0.25, -0.2) is 0 Å². The van der Waals surface area contributed by atoms with Gasteiger partial charge in [0.05, 0.1) is 11.7 Å². The minimum absolute atomic E-state index is 0.0375. The van der Waals surface area contributed by atoms with Crippen LogP contribution in [0.4, 0.5) is 5.69 Å². The van der Waals surface area contributed by atoms with Crippen LogP contribution in [-0.4, -0.2) is 18.4 Å². The molecule has 1 aliphatic heterocycles. The largest absolute Gasteiger partial charge is 0.482 e. The van der Waals surface area contributed by atoms with Crippen molar-refractivity contribution in [2.24, 2.45) is 0 Å². The van der Waals surface area contributed by atoms with E-state index in [0.717, 1.165) is 24.8 Å². The summed E-state index contributed by atoms with van der Waals surface area (Å²) in [4.78, 5) is 24.4. The first-order chi connectivity index (χ1) is 14.7. The molecule has 152 valence electrons. The molecular formula is C25H24N2O3. The van der Waals surface area contributed by atoms with E-state index in [2.05, 4.69) is 22.8 Å². The minimum Gasteiger partial charge on any atom is -0.482 e. The lowest BCUT2D eigenvalue weighted by molar-refractivity contribution is -0.118. The van der Waals surface area contributed by atoms with Crippen molar-refractivity contribution in [3.05, 3.63) is 95.6 Å². The second kappa shape index (κ2) is 9.27. The maximum Gasteiger partial charge on any atom is 0.262 e. The fraction of sp³-hybridized carbons (Fsp3) is 0.200. The molecule has 1 heterocycles. The number of hydrogen-bond donors (Lipinski definition) is 2. The summed E-state index contributed by atoms with van der Waals surface area (Å²) in [5.74, 6) is 0.164. The van der Waals surface area contributed by atoms with Crippen LogP contribution in [0.2, 0.25) is 0 Å². The van der Waals surface area contributed by atoms with Crippen molar-refractivity contribution in [3.63, 3.8) is 0 Å². The zero-order valence-corrected chi connectivity index (χ0v) is 16.6. The van der Waals surface area contributed by atoms with Gasteiger partial charge >= 0.3 is 0 Å². The molecule has 1 aliphatic rings. The molecule has 30 heavy (non-hydrogen) atoms. The first-order valence-corrected chi connectivity index (χ1v) is 10.2. The van der Waals surface area contributed by atoms with Crippen molar-refractivity contribution in [1.29, 1.82) is 0 Å². The van der Waals surface area contributed by atoms with Gasteiger partial charge in [-0.1, -0.05) is 60.7 Å². The molecular weight excluding hydrogens is 376 g/mol. The fourth-order valence-corrected chi connectivity index (χ4v) is 3.62. The van der Waals surface area contributed by atoms with Gasteiger partial charge in [0.1, 0.15) is 5.75 Å². The monoisotopic (exact) mass is 400 g/mol. The maximum atomic E-state index is 13.0. The zero-order chi connectivity index (χ0) is 20.8. The van der Waals surface area contributed by atoms with Crippen LogP contribution in [0, 0.1) is 0 Å². The molecule has 3 aromatic carbocycles. The van der Waals surface area contributed by atoms with E-state index in [-0.39, 0.29) is 24.5 Å². The van der Waals surface area contributed by atoms with Crippen LogP contribution in [0.1, 0.15) is 40.4 Å². The van der Waals surface area contributed by atoms with E-state index < -0.39 is 0 Å². The van der Waals surface area contributed by atoms with Gasteiger partial charge in [-0.15, -0.1) is 0 Å². The van der Waals surface area contributed by atoms with Gasteiger partial charge in [-0.2, -0.15) is 0 Å². The van der Waals surface area contributed by atoms with Crippen LogP contribution in [0.3, 0.4) is 0 Å². The highest BCUT2D eigenvalue weighted by Gasteiger charge is 2.20. The topological polar surface area (TPSA) is 67.4 Å². The Hall–Kier alpha value is -3.60. The van der Waals surface area contributed by atoms with E-state index in [9.17, 15) is 9.59 Å². The molecule has 5 heteroatoms. The van der Waals surface area contributed by atoms with Crippen LogP contribution in [0.15, 0.2) is 78.9 Å². The van der Waals surface area contributed by atoms with Crippen molar-refractivity contribution in [2.45, 2.75) is 25.3 Å². The first-order valence-electron chi connectivity index (χ1n) is 10.2. The normalized spacial score (nSPS) is 13.5. The number of carbonyl (C=O) groups excluding carboxylic acids is 2. The van der Waals surface area contributed by atoms with Gasteiger partial charge < -0.3 is 15.4 Å². The number of fused-ring (bicyclic) bond motifs is 1. The summed E-state index contributed by atoms with van der Waals surface area (Å²) >= 11 is 0. The second-order valence-electron chi connectivity index (χ2n) is 7.36. The van der Waals surface area contributed by atoms with E-state index in [4.69, 9.17) is 4.74 Å². The molecule has 0 radical (unpaired) electrons. The number of nitrogens with one attached hydrogen (secondary N) is 2. The molecule has 0 saturated carbocycles. The summed E-state index contributed by atoms with van der Waals surface area (Å²) in [7, 11) is 0. The fourth-order valence-electron chi connectivity index (χ4n) is 3.62. The van der Waals surface area contributed by atoms with Gasteiger partial charge in [0.25, 0.3) is 11.8 Å². The number of hydrogen-bond acceptors (Lipinski definition) is 3. The molecule has 0 spiro atoms. The number of rotatable bonds is 7. The molecule has 0 aromatic heterocycles. The average molecular weight is 400 g/mol. The molecule has 0 bridgehead atoms. The number of aryl methyl sites for hydroxylation is 1. The highest BCUT2D eigenvalue weighted by molar-refractivity contribution is 5.99. The van der Waals surface area contributed by atoms with E-state index in [1.165, 1.54) is 5.56 Å². The molecule has 0 aliphatic carbocycles. The van der Waals surface area contributed by atoms with Crippen molar-refractivity contribution in [3.8, 4) is 5.75 Å². The molecule has 0 fully saturated rings. The van der Waals surface area contributed by atoms with Crippen LogP contribution in [0.25, 0.3) is 0 Å². The van der Waals surface area contributed by atoms with Crippen LogP contribution in [0.5, 0.6) is 5.75 Å². The lowest BCUT2D eigenvalue weighted by Gasteiger charge is -2.21.